The van der Waals surface area contributed by atoms with Crippen molar-refractivity contribution in [3.8, 4) is 0 Å². The second kappa shape index (κ2) is 13.2. The number of nitrogens with zero attached hydrogens (tertiary/aromatic N) is 5. The molecule has 0 fully saturated rings. The number of anilines is 3. The van der Waals surface area contributed by atoms with E-state index >= 15 is 0 Å². The van der Waals surface area contributed by atoms with E-state index in [-0.39, 0.29) is 49.9 Å². The summed E-state index contributed by atoms with van der Waals surface area (Å²) in [6, 6.07) is 15.8. The molecule has 5 aromatic rings. The summed E-state index contributed by atoms with van der Waals surface area (Å²) in [5.74, 6) is 0.747. The van der Waals surface area contributed by atoms with Gasteiger partial charge in [-0.05, 0) is 69.3 Å². The maximum atomic E-state index is 13.7. The Hall–Kier alpha value is -5.46. The van der Waals surface area contributed by atoms with Crippen molar-refractivity contribution in [2.75, 3.05) is 35.3 Å². The third-order valence-corrected chi connectivity index (χ3v) is 6.91. The summed E-state index contributed by atoms with van der Waals surface area (Å²) in [5, 5.41) is 10.6. The third-order valence-electron chi connectivity index (χ3n) is 6.91. The highest BCUT2D eigenvalue weighted by Crippen LogP contribution is 2.29. The van der Waals surface area contributed by atoms with Gasteiger partial charge in [-0.3, -0.25) is 19.8 Å². The van der Waals surface area contributed by atoms with E-state index in [0.29, 0.717) is 27.9 Å². The molecule has 5 rings (SSSR count). The molecule has 2 N–H and O–H groups in total. The number of amides is 2. The normalized spacial score (nSPS) is 11.7. The first-order chi connectivity index (χ1) is 21.3. The Bertz CT molecular complexity index is 1800. The van der Waals surface area contributed by atoms with Gasteiger partial charge in [0, 0.05) is 31.0 Å². The molecule has 0 bridgehead atoms. The number of hydrogen-bond acceptors (Lipinski definition) is 10. The molecule has 44 heavy (non-hydrogen) atoms. The lowest BCUT2D eigenvalue weighted by Crippen LogP contribution is -2.34. The molecule has 13 nitrogen and oxygen atoms in total. The van der Waals surface area contributed by atoms with E-state index in [2.05, 4.69) is 20.8 Å². The molecular weight excluding hydrogens is 566 g/mol. The number of fused-ring (bicyclic) bond motifs is 2. The molecule has 3 heterocycles. The third kappa shape index (κ3) is 6.46. The molecule has 13 heteroatoms. The Labute approximate surface area is 253 Å². The number of hydrogen-bond donors (Lipinski definition) is 2. The molecule has 0 aliphatic rings. The Kier molecular flexibility index (Phi) is 9.03. The molecule has 2 amide bonds. The van der Waals surface area contributed by atoms with E-state index in [1.54, 1.807) is 56.4 Å². The highest BCUT2D eigenvalue weighted by molar-refractivity contribution is 6.07. The van der Waals surface area contributed by atoms with Crippen LogP contribution in [0.25, 0.3) is 22.0 Å². The van der Waals surface area contributed by atoms with Gasteiger partial charge < -0.3 is 23.9 Å². The van der Waals surface area contributed by atoms with Crippen LogP contribution >= 0.6 is 0 Å². The van der Waals surface area contributed by atoms with Crippen molar-refractivity contribution in [2.24, 2.45) is 7.05 Å². The van der Waals surface area contributed by atoms with Gasteiger partial charge in [0.1, 0.15) is 11.6 Å². The first-order valence-electron chi connectivity index (χ1n) is 14.2. The Morgan fingerprint density at radius 1 is 1.05 bits per heavy atom. The standard InChI is InChI=1S/C31H33N7O6/c1-5-42-27(39)14-16-38(26-9-7-8-15-32-26)30(40)20-10-12-24-23(17-20)34-29(37(24)4)19(3)33-21-11-13-25-22(18-21)28(36-44-25)35-31(41)43-6-2/h7-13,15,17-19,33H,5-6,14,16H2,1-4H3,(H,35,36,41). The summed E-state index contributed by atoms with van der Waals surface area (Å²) in [6.45, 7) is 6.05. The monoisotopic (exact) mass is 599 g/mol. The van der Waals surface area contributed by atoms with Crippen molar-refractivity contribution in [2.45, 2.75) is 33.2 Å². The van der Waals surface area contributed by atoms with Crippen LogP contribution < -0.4 is 15.5 Å². The Morgan fingerprint density at radius 3 is 2.61 bits per heavy atom. The topological polar surface area (TPSA) is 154 Å². The first kappa shape index (κ1) is 30.0. The SMILES string of the molecule is CCOC(=O)CCN(C(=O)c1ccc2c(c1)nc(C(C)Nc1ccc3onc(NC(=O)OCC)c3c1)n2C)c1ccccn1. The van der Waals surface area contributed by atoms with Crippen LogP contribution in [0.4, 0.5) is 22.1 Å². The molecule has 2 aromatic carbocycles. The van der Waals surface area contributed by atoms with Gasteiger partial charge in [0.05, 0.1) is 42.1 Å². The summed E-state index contributed by atoms with van der Waals surface area (Å²) >= 11 is 0. The van der Waals surface area contributed by atoms with E-state index in [1.165, 1.54) is 4.90 Å². The number of ether oxygens (including phenoxy) is 2. The number of pyridine rings is 1. The summed E-state index contributed by atoms with van der Waals surface area (Å²) in [5.41, 5.74) is 3.17. The fraction of sp³-hybridized carbons (Fsp3) is 0.290. The maximum Gasteiger partial charge on any atom is 0.412 e. The summed E-state index contributed by atoms with van der Waals surface area (Å²) in [7, 11) is 1.91. The molecular formula is C31H33N7O6. The minimum Gasteiger partial charge on any atom is -0.466 e. The van der Waals surface area contributed by atoms with E-state index in [1.807, 2.05) is 36.7 Å². The van der Waals surface area contributed by atoms with Gasteiger partial charge in [-0.15, -0.1) is 0 Å². The van der Waals surface area contributed by atoms with E-state index in [9.17, 15) is 14.4 Å². The lowest BCUT2D eigenvalue weighted by atomic mass is 10.1. The average Bonchev–Trinajstić information content (AvgIpc) is 3.57. The molecule has 1 atom stereocenters. The van der Waals surface area contributed by atoms with Crippen LogP contribution in [-0.2, 0) is 21.3 Å². The number of aromatic nitrogens is 4. The number of imidazole rings is 1. The van der Waals surface area contributed by atoms with E-state index < -0.39 is 6.09 Å². The minimum atomic E-state index is -0.617. The van der Waals surface area contributed by atoms with Crippen molar-refractivity contribution >= 4 is 57.3 Å². The van der Waals surface area contributed by atoms with Crippen LogP contribution in [0.5, 0.6) is 0 Å². The first-order valence-corrected chi connectivity index (χ1v) is 14.2. The van der Waals surface area contributed by atoms with Gasteiger partial charge in [-0.25, -0.2) is 14.8 Å². The quantitative estimate of drug-likeness (QED) is 0.187. The van der Waals surface area contributed by atoms with Gasteiger partial charge >= 0.3 is 12.1 Å². The van der Waals surface area contributed by atoms with Crippen LogP contribution in [0, 0.1) is 0 Å². The van der Waals surface area contributed by atoms with Gasteiger partial charge in [0.25, 0.3) is 5.91 Å². The Balaban J connectivity index is 1.37. The van der Waals surface area contributed by atoms with Crippen LogP contribution in [0.3, 0.4) is 0 Å². The lowest BCUT2D eigenvalue weighted by Gasteiger charge is -2.21. The smallest absolute Gasteiger partial charge is 0.412 e. The number of esters is 1. The second-order valence-electron chi connectivity index (χ2n) is 9.89. The molecule has 0 aliphatic heterocycles. The maximum absolute atomic E-state index is 13.7. The predicted octanol–water partition coefficient (Wildman–Crippen LogP) is 5.45. The zero-order valence-electron chi connectivity index (χ0n) is 24.9. The summed E-state index contributed by atoms with van der Waals surface area (Å²) in [6.07, 6.45) is 1.02. The molecule has 3 aromatic heterocycles. The molecule has 0 saturated carbocycles. The summed E-state index contributed by atoms with van der Waals surface area (Å²) in [4.78, 5) is 48.3. The lowest BCUT2D eigenvalue weighted by molar-refractivity contribution is -0.142. The van der Waals surface area contributed by atoms with Gasteiger partial charge in [-0.1, -0.05) is 11.2 Å². The second-order valence-corrected chi connectivity index (χ2v) is 9.89. The predicted molar refractivity (Wildman–Crippen MR) is 165 cm³/mol. The zero-order chi connectivity index (χ0) is 31.2. The van der Waals surface area contributed by atoms with Gasteiger partial charge in [0.2, 0.25) is 0 Å². The van der Waals surface area contributed by atoms with Crippen molar-refractivity contribution in [1.29, 1.82) is 0 Å². The van der Waals surface area contributed by atoms with Crippen LogP contribution in [0.15, 0.2) is 65.3 Å². The molecule has 0 saturated heterocycles. The number of rotatable bonds is 11. The highest BCUT2D eigenvalue weighted by Gasteiger charge is 2.22. The van der Waals surface area contributed by atoms with Crippen LogP contribution in [0.2, 0.25) is 0 Å². The number of benzene rings is 2. The molecule has 1 unspecified atom stereocenters. The van der Waals surface area contributed by atoms with E-state index in [0.717, 1.165) is 17.0 Å². The molecule has 0 spiro atoms. The fourth-order valence-electron chi connectivity index (χ4n) is 4.86. The van der Waals surface area contributed by atoms with Gasteiger partial charge in [0.15, 0.2) is 11.4 Å². The number of aryl methyl sites for hydroxylation is 1. The van der Waals surface area contributed by atoms with Crippen LogP contribution in [0.1, 0.15) is 49.4 Å². The molecule has 0 radical (unpaired) electrons. The van der Waals surface area contributed by atoms with Crippen LogP contribution in [-0.4, -0.2) is 57.4 Å². The highest BCUT2D eigenvalue weighted by atomic mass is 16.5. The summed E-state index contributed by atoms with van der Waals surface area (Å²) < 4.78 is 17.3. The van der Waals surface area contributed by atoms with Crippen molar-refractivity contribution in [3.63, 3.8) is 0 Å². The van der Waals surface area contributed by atoms with Crippen molar-refractivity contribution < 1.29 is 28.4 Å². The van der Waals surface area contributed by atoms with Gasteiger partial charge in [-0.2, -0.15) is 0 Å². The van der Waals surface area contributed by atoms with Crippen molar-refractivity contribution in [3.05, 3.63) is 72.2 Å². The average molecular weight is 600 g/mol. The fourth-order valence-corrected chi connectivity index (χ4v) is 4.86. The number of carbonyl (C=O) groups excluding carboxylic acids is 3. The Morgan fingerprint density at radius 2 is 1.86 bits per heavy atom. The van der Waals surface area contributed by atoms with E-state index in [4.69, 9.17) is 19.0 Å². The zero-order valence-corrected chi connectivity index (χ0v) is 24.9. The van der Waals surface area contributed by atoms with Crippen molar-refractivity contribution in [1.82, 2.24) is 19.7 Å². The minimum absolute atomic E-state index is 0.0381. The number of carbonyl (C=O) groups is 3. The molecule has 228 valence electrons. The number of nitrogens with one attached hydrogen (secondary N) is 2. The molecule has 0 aliphatic carbocycles. The largest absolute Gasteiger partial charge is 0.466 e.